The molecule has 2 heterocycles. The number of H-pyrrole nitrogens is 1. The molecule has 1 aromatic heterocycles. The number of aromatic amines is 1. The van der Waals surface area contributed by atoms with Crippen molar-refractivity contribution >= 4 is 33.6 Å². The summed E-state index contributed by atoms with van der Waals surface area (Å²) in [5, 5.41) is 20.5. The van der Waals surface area contributed by atoms with Crippen LogP contribution >= 0.6 is 0 Å². The summed E-state index contributed by atoms with van der Waals surface area (Å²) < 4.78 is 24.5. The van der Waals surface area contributed by atoms with E-state index in [1.807, 2.05) is 0 Å². The number of aromatic nitrogens is 3. The predicted octanol–water partition coefficient (Wildman–Crippen LogP) is -0.603. The second-order valence-electron chi connectivity index (χ2n) is 6.28. The average molecular weight is 424 g/mol. The first kappa shape index (κ1) is 20.7. The predicted molar refractivity (Wildman–Crippen MR) is 104 cm³/mol. The maximum absolute atomic E-state index is 11.9. The number of carboxylic acids is 1. The Morgan fingerprint density at radius 2 is 1.93 bits per heavy atom. The molecule has 2 aromatic rings. The van der Waals surface area contributed by atoms with E-state index in [0.29, 0.717) is 5.69 Å². The minimum absolute atomic E-state index is 0.0272. The number of aliphatic hydroxyl groups is 1. The molecule has 2 atom stereocenters. The van der Waals surface area contributed by atoms with Crippen LogP contribution in [0, 0.1) is 0 Å². The number of anilines is 3. The smallest absolute Gasteiger partial charge is 0.351 e. The molecule has 2 unspecified atom stereocenters. The standard InChI is InChI=1S/C16H20N6O6S/c1-10-22(29(10,27)28)7-6-21(8-9-23)15-18-14(19-16(26)20-15)17-12-4-2-11(3-5-12)13(24)25/h2-5,10,23H,6-9H2,1H3,(H,24,25)(H2,17,18,19,20,26). The Morgan fingerprint density at radius 1 is 1.28 bits per heavy atom. The number of carboxylic acid groups (broad SMARTS) is 1. The molecule has 12 nitrogen and oxygen atoms in total. The van der Waals surface area contributed by atoms with Gasteiger partial charge < -0.3 is 20.4 Å². The minimum atomic E-state index is -3.21. The molecule has 0 spiro atoms. The Kier molecular flexibility index (Phi) is 5.81. The fourth-order valence-corrected chi connectivity index (χ4v) is 4.07. The molecule has 13 heteroatoms. The first-order valence-electron chi connectivity index (χ1n) is 8.67. The highest BCUT2D eigenvalue weighted by atomic mass is 32.2. The number of sulfonamides is 1. The van der Waals surface area contributed by atoms with Crippen molar-refractivity contribution in [3.63, 3.8) is 0 Å². The molecule has 0 saturated carbocycles. The molecule has 3 rings (SSSR count). The monoisotopic (exact) mass is 424 g/mol. The van der Waals surface area contributed by atoms with Gasteiger partial charge in [0.15, 0.2) is 0 Å². The van der Waals surface area contributed by atoms with Crippen LogP contribution in [0.15, 0.2) is 29.1 Å². The zero-order valence-corrected chi connectivity index (χ0v) is 16.3. The van der Waals surface area contributed by atoms with E-state index in [4.69, 9.17) is 5.11 Å². The van der Waals surface area contributed by atoms with Gasteiger partial charge in [0.1, 0.15) is 5.37 Å². The fourth-order valence-electron chi connectivity index (χ4n) is 2.72. The van der Waals surface area contributed by atoms with Crippen LogP contribution in [-0.2, 0) is 10.0 Å². The van der Waals surface area contributed by atoms with E-state index >= 15 is 0 Å². The van der Waals surface area contributed by atoms with Crippen molar-refractivity contribution in [2.75, 3.05) is 36.5 Å². The average Bonchev–Trinajstić information content (AvgIpc) is 3.14. The van der Waals surface area contributed by atoms with Gasteiger partial charge in [-0.3, -0.25) is 4.98 Å². The summed E-state index contributed by atoms with van der Waals surface area (Å²) in [7, 11) is -3.21. The van der Waals surface area contributed by atoms with Crippen LogP contribution < -0.4 is 15.9 Å². The number of benzene rings is 1. The van der Waals surface area contributed by atoms with Crippen LogP contribution in [0.5, 0.6) is 0 Å². The molecule has 1 aromatic carbocycles. The van der Waals surface area contributed by atoms with Crippen molar-refractivity contribution in [1.29, 1.82) is 0 Å². The summed E-state index contributed by atoms with van der Waals surface area (Å²) in [5.41, 5.74) is -0.0795. The summed E-state index contributed by atoms with van der Waals surface area (Å²) in [4.78, 5) is 34.8. The van der Waals surface area contributed by atoms with E-state index in [0.717, 1.165) is 0 Å². The van der Waals surface area contributed by atoms with E-state index in [1.54, 1.807) is 6.92 Å². The van der Waals surface area contributed by atoms with Gasteiger partial charge in [-0.1, -0.05) is 0 Å². The third kappa shape index (κ3) is 4.70. The molecular formula is C16H20N6O6S. The molecule has 29 heavy (non-hydrogen) atoms. The van der Waals surface area contributed by atoms with Gasteiger partial charge in [0.25, 0.3) is 0 Å². The van der Waals surface area contributed by atoms with E-state index in [-0.39, 0.29) is 43.7 Å². The molecule has 1 aliphatic heterocycles. The number of aliphatic hydroxyl groups excluding tert-OH is 1. The summed E-state index contributed by atoms with van der Waals surface area (Å²) in [6.07, 6.45) is 0. The van der Waals surface area contributed by atoms with Gasteiger partial charge in [-0.15, -0.1) is 0 Å². The third-order valence-electron chi connectivity index (χ3n) is 4.39. The first-order valence-corrected chi connectivity index (χ1v) is 10.2. The number of nitrogens with zero attached hydrogens (tertiary/aromatic N) is 4. The lowest BCUT2D eigenvalue weighted by Crippen LogP contribution is -2.35. The second kappa shape index (κ2) is 8.14. The molecule has 0 bridgehead atoms. The molecule has 1 aliphatic rings. The molecular weight excluding hydrogens is 404 g/mol. The van der Waals surface area contributed by atoms with Crippen LogP contribution in [0.25, 0.3) is 0 Å². The van der Waals surface area contributed by atoms with Crippen LogP contribution in [0.1, 0.15) is 17.3 Å². The zero-order valence-electron chi connectivity index (χ0n) is 15.4. The van der Waals surface area contributed by atoms with E-state index in [9.17, 15) is 23.1 Å². The Morgan fingerprint density at radius 3 is 2.48 bits per heavy atom. The molecule has 0 aliphatic carbocycles. The Balaban J connectivity index is 1.76. The quantitative estimate of drug-likeness (QED) is 0.381. The highest BCUT2D eigenvalue weighted by Gasteiger charge is 2.50. The lowest BCUT2D eigenvalue weighted by Gasteiger charge is -2.21. The number of carbonyl (C=O) groups is 1. The molecule has 4 N–H and O–H groups in total. The molecule has 0 radical (unpaired) electrons. The van der Waals surface area contributed by atoms with Gasteiger partial charge in [-0.25, -0.2) is 18.0 Å². The van der Waals surface area contributed by atoms with Crippen molar-refractivity contribution in [3.8, 4) is 0 Å². The number of hydrogen-bond donors (Lipinski definition) is 4. The highest BCUT2D eigenvalue weighted by molar-refractivity contribution is 7.95. The van der Waals surface area contributed by atoms with E-state index in [2.05, 4.69) is 20.3 Å². The second-order valence-corrected chi connectivity index (χ2v) is 8.46. The summed E-state index contributed by atoms with van der Waals surface area (Å²) in [5.74, 6) is -0.963. The van der Waals surface area contributed by atoms with Gasteiger partial charge in [0.05, 0.1) is 12.2 Å². The molecule has 1 saturated heterocycles. The Bertz CT molecular complexity index is 1050. The first-order chi connectivity index (χ1) is 13.7. The van der Waals surface area contributed by atoms with E-state index < -0.39 is 27.1 Å². The fraction of sp³-hybridized carbons (Fsp3) is 0.375. The number of rotatable bonds is 9. The zero-order chi connectivity index (χ0) is 21.2. The highest BCUT2D eigenvalue weighted by Crippen LogP contribution is 2.29. The van der Waals surface area contributed by atoms with Crippen molar-refractivity contribution < 1.29 is 23.4 Å². The number of aromatic carboxylic acids is 1. The van der Waals surface area contributed by atoms with E-state index in [1.165, 1.54) is 33.5 Å². The molecule has 156 valence electrons. The van der Waals surface area contributed by atoms with Gasteiger partial charge in [-0.05, 0) is 31.2 Å². The van der Waals surface area contributed by atoms with Crippen molar-refractivity contribution in [2.24, 2.45) is 0 Å². The van der Waals surface area contributed by atoms with Crippen molar-refractivity contribution in [2.45, 2.75) is 12.3 Å². The molecule has 0 amide bonds. The van der Waals surface area contributed by atoms with Crippen LogP contribution in [0.2, 0.25) is 0 Å². The number of hydrogen-bond acceptors (Lipinski definition) is 9. The maximum Gasteiger partial charge on any atom is 0.351 e. The lowest BCUT2D eigenvalue weighted by molar-refractivity contribution is 0.0697. The summed E-state index contributed by atoms with van der Waals surface area (Å²) >= 11 is 0. The van der Waals surface area contributed by atoms with Crippen LogP contribution in [0.4, 0.5) is 17.6 Å². The summed E-state index contributed by atoms with van der Waals surface area (Å²) in [6.45, 7) is 1.82. The lowest BCUT2D eigenvalue weighted by atomic mass is 10.2. The van der Waals surface area contributed by atoms with Crippen molar-refractivity contribution in [3.05, 3.63) is 40.3 Å². The maximum atomic E-state index is 11.9. The number of nitrogens with one attached hydrogen (secondary N) is 2. The molecule has 1 fully saturated rings. The largest absolute Gasteiger partial charge is 0.478 e. The van der Waals surface area contributed by atoms with Crippen LogP contribution in [-0.4, -0.2) is 75.5 Å². The van der Waals surface area contributed by atoms with Crippen molar-refractivity contribution in [1.82, 2.24) is 19.3 Å². The van der Waals surface area contributed by atoms with Gasteiger partial charge in [0.2, 0.25) is 21.9 Å². The Hall–Kier alpha value is -3.03. The Labute approximate surface area is 165 Å². The van der Waals surface area contributed by atoms with Gasteiger partial charge >= 0.3 is 11.7 Å². The summed E-state index contributed by atoms with van der Waals surface area (Å²) in [6, 6.07) is 5.83. The SMILES string of the molecule is CC1N(CCN(CCO)c2nc(Nc3ccc(C(=O)O)cc3)[nH]c(=O)n2)S1(=O)=O. The van der Waals surface area contributed by atoms with Gasteiger partial charge in [0, 0.05) is 25.3 Å². The topological polar surface area (TPSA) is 169 Å². The minimum Gasteiger partial charge on any atom is -0.478 e. The third-order valence-corrected chi connectivity index (χ3v) is 6.45. The normalized spacial score (nSPS) is 19.5. The van der Waals surface area contributed by atoms with Crippen LogP contribution in [0.3, 0.4) is 0 Å². The van der Waals surface area contributed by atoms with Gasteiger partial charge in [-0.2, -0.15) is 14.3 Å².